The first-order valence-corrected chi connectivity index (χ1v) is 9.72. The van der Waals surface area contributed by atoms with E-state index in [0.717, 1.165) is 38.4 Å². The van der Waals surface area contributed by atoms with E-state index in [2.05, 4.69) is 57.7 Å². The van der Waals surface area contributed by atoms with Crippen LogP contribution in [0.25, 0.3) is 0 Å². The van der Waals surface area contributed by atoms with E-state index in [1.165, 1.54) is 11.3 Å². The first-order chi connectivity index (χ1) is 13.8. The van der Waals surface area contributed by atoms with Crippen molar-refractivity contribution in [2.24, 2.45) is 0 Å². The van der Waals surface area contributed by atoms with Crippen molar-refractivity contribution in [2.45, 2.75) is 6.54 Å². The molecule has 5 nitrogen and oxygen atoms in total. The summed E-state index contributed by atoms with van der Waals surface area (Å²) in [5.41, 5.74) is 3.97. The molecule has 142 valence electrons. The fourth-order valence-corrected chi connectivity index (χ4v) is 3.60. The molecule has 5 heteroatoms. The van der Waals surface area contributed by atoms with Crippen LogP contribution in [-0.2, 0) is 6.54 Å². The van der Waals surface area contributed by atoms with Crippen LogP contribution in [0.1, 0.15) is 15.9 Å². The zero-order valence-electron chi connectivity index (χ0n) is 15.8. The Kier molecular flexibility index (Phi) is 5.64. The van der Waals surface area contributed by atoms with E-state index in [1.807, 2.05) is 12.1 Å². The third kappa shape index (κ3) is 4.56. The van der Waals surface area contributed by atoms with Crippen LogP contribution in [0.3, 0.4) is 0 Å². The van der Waals surface area contributed by atoms with Crippen LogP contribution in [0.5, 0.6) is 0 Å². The van der Waals surface area contributed by atoms with Crippen molar-refractivity contribution in [1.29, 1.82) is 0 Å². The van der Waals surface area contributed by atoms with Gasteiger partial charge in [0.1, 0.15) is 6.54 Å². The van der Waals surface area contributed by atoms with Crippen molar-refractivity contribution < 1.29 is 9.69 Å². The van der Waals surface area contributed by atoms with Crippen LogP contribution in [0.15, 0.2) is 79.1 Å². The molecule has 1 saturated heterocycles. The molecule has 1 amide bonds. The van der Waals surface area contributed by atoms with Gasteiger partial charge in [-0.3, -0.25) is 9.78 Å². The van der Waals surface area contributed by atoms with E-state index in [9.17, 15) is 4.79 Å². The Hall–Kier alpha value is -3.18. The number of piperazine rings is 1. The molecule has 1 aliphatic heterocycles. The van der Waals surface area contributed by atoms with Gasteiger partial charge >= 0.3 is 0 Å². The van der Waals surface area contributed by atoms with Crippen LogP contribution in [0.2, 0.25) is 0 Å². The summed E-state index contributed by atoms with van der Waals surface area (Å²) in [6.07, 6.45) is 3.23. The molecule has 0 aliphatic carbocycles. The Morgan fingerprint density at radius 2 is 1.71 bits per heavy atom. The molecule has 2 heterocycles. The van der Waals surface area contributed by atoms with Gasteiger partial charge in [-0.05, 0) is 36.4 Å². The second kappa shape index (κ2) is 8.67. The van der Waals surface area contributed by atoms with Crippen LogP contribution in [-0.4, -0.2) is 37.1 Å². The van der Waals surface area contributed by atoms with E-state index in [4.69, 9.17) is 0 Å². The molecule has 0 radical (unpaired) electrons. The largest absolute Gasteiger partial charge is 0.360 e. The highest BCUT2D eigenvalue weighted by Gasteiger charge is 2.20. The standard InChI is InChI=1S/C23H24N4O/c28-23(20-7-4-12-24-17-20)25-21-8-10-22(11-9-21)27-15-13-26(14-16-27)18-19-5-2-1-3-6-19/h1-12,17H,13-16,18H2,(H,25,28)/p+1. The zero-order valence-corrected chi connectivity index (χ0v) is 15.8. The van der Waals surface area contributed by atoms with Crippen LogP contribution in [0.4, 0.5) is 11.4 Å². The second-order valence-corrected chi connectivity index (χ2v) is 7.14. The van der Waals surface area contributed by atoms with E-state index >= 15 is 0 Å². The number of carbonyl (C=O) groups is 1. The first-order valence-electron chi connectivity index (χ1n) is 9.72. The Morgan fingerprint density at radius 3 is 2.39 bits per heavy atom. The number of benzene rings is 2. The van der Waals surface area contributed by atoms with Crippen molar-refractivity contribution in [1.82, 2.24) is 4.98 Å². The minimum absolute atomic E-state index is 0.140. The SMILES string of the molecule is O=C(Nc1ccc(N2CC[NH+](Cc3ccccc3)CC2)cc1)c1cccnc1. The molecular weight excluding hydrogens is 348 g/mol. The number of rotatable bonds is 5. The maximum absolute atomic E-state index is 12.2. The number of hydrogen-bond acceptors (Lipinski definition) is 3. The van der Waals surface area contributed by atoms with Gasteiger partial charge in [0.15, 0.2) is 0 Å². The summed E-state index contributed by atoms with van der Waals surface area (Å²) < 4.78 is 0. The number of amides is 1. The summed E-state index contributed by atoms with van der Waals surface area (Å²) in [4.78, 5) is 20.3. The number of quaternary nitrogens is 1. The Bertz CT molecular complexity index is 889. The number of nitrogens with one attached hydrogen (secondary N) is 2. The molecule has 0 spiro atoms. The topological polar surface area (TPSA) is 49.7 Å². The minimum atomic E-state index is -0.140. The lowest BCUT2D eigenvalue weighted by molar-refractivity contribution is -0.914. The highest BCUT2D eigenvalue weighted by molar-refractivity contribution is 6.04. The number of hydrogen-bond donors (Lipinski definition) is 2. The zero-order chi connectivity index (χ0) is 19.2. The van der Waals surface area contributed by atoms with E-state index in [0.29, 0.717) is 5.56 Å². The minimum Gasteiger partial charge on any atom is -0.360 e. The van der Waals surface area contributed by atoms with Gasteiger partial charge in [-0.2, -0.15) is 0 Å². The van der Waals surface area contributed by atoms with Gasteiger partial charge in [-0.15, -0.1) is 0 Å². The van der Waals surface area contributed by atoms with Crippen molar-refractivity contribution in [3.8, 4) is 0 Å². The molecule has 0 saturated carbocycles. The predicted molar refractivity (Wildman–Crippen MR) is 112 cm³/mol. The smallest absolute Gasteiger partial charge is 0.257 e. The van der Waals surface area contributed by atoms with Crippen LogP contribution in [0, 0.1) is 0 Å². The Labute approximate surface area is 165 Å². The lowest BCUT2D eigenvalue weighted by Gasteiger charge is -2.33. The van der Waals surface area contributed by atoms with Gasteiger partial charge in [-0.25, -0.2) is 0 Å². The molecule has 2 N–H and O–H groups in total. The van der Waals surface area contributed by atoms with Gasteiger partial charge in [0.2, 0.25) is 0 Å². The van der Waals surface area contributed by atoms with Gasteiger partial charge in [0, 0.05) is 29.3 Å². The Morgan fingerprint density at radius 1 is 0.964 bits per heavy atom. The molecule has 0 bridgehead atoms. The quantitative estimate of drug-likeness (QED) is 0.721. The van der Waals surface area contributed by atoms with E-state index < -0.39 is 0 Å². The van der Waals surface area contributed by atoms with Gasteiger partial charge in [-0.1, -0.05) is 30.3 Å². The van der Waals surface area contributed by atoms with E-state index in [1.54, 1.807) is 29.4 Å². The summed E-state index contributed by atoms with van der Waals surface area (Å²) in [6.45, 7) is 5.45. The van der Waals surface area contributed by atoms with Crippen molar-refractivity contribution in [3.63, 3.8) is 0 Å². The van der Waals surface area contributed by atoms with Crippen molar-refractivity contribution in [3.05, 3.63) is 90.3 Å². The molecule has 3 aromatic rings. The summed E-state index contributed by atoms with van der Waals surface area (Å²) in [6, 6.07) is 22.3. The van der Waals surface area contributed by atoms with Gasteiger partial charge in [0.25, 0.3) is 5.91 Å². The predicted octanol–water partition coefficient (Wildman–Crippen LogP) is 2.24. The Balaban J connectivity index is 1.30. The maximum atomic E-state index is 12.2. The van der Waals surface area contributed by atoms with Crippen LogP contribution < -0.4 is 15.1 Å². The molecule has 1 fully saturated rings. The van der Waals surface area contributed by atoms with Crippen LogP contribution >= 0.6 is 0 Å². The summed E-state index contributed by atoms with van der Waals surface area (Å²) in [5.74, 6) is -0.140. The molecule has 28 heavy (non-hydrogen) atoms. The lowest BCUT2D eigenvalue weighted by atomic mass is 10.2. The summed E-state index contributed by atoms with van der Waals surface area (Å²) in [5, 5.41) is 2.92. The second-order valence-electron chi connectivity index (χ2n) is 7.14. The number of anilines is 2. The molecular formula is C23H25N4O+. The van der Waals surface area contributed by atoms with Gasteiger partial charge < -0.3 is 15.1 Å². The number of carbonyl (C=O) groups excluding carboxylic acids is 1. The van der Waals surface area contributed by atoms with Crippen molar-refractivity contribution in [2.75, 3.05) is 36.4 Å². The molecule has 0 unspecified atom stereocenters. The van der Waals surface area contributed by atoms with E-state index in [-0.39, 0.29) is 5.91 Å². The maximum Gasteiger partial charge on any atom is 0.257 e. The first kappa shape index (κ1) is 18.2. The normalized spacial score (nSPS) is 14.6. The average molecular weight is 373 g/mol. The number of aromatic nitrogens is 1. The number of nitrogens with zero attached hydrogens (tertiary/aromatic N) is 2. The molecule has 1 aliphatic rings. The van der Waals surface area contributed by atoms with Gasteiger partial charge in [0.05, 0.1) is 31.7 Å². The highest BCUT2D eigenvalue weighted by atomic mass is 16.1. The monoisotopic (exact) mass is 373 g/mol. The third-order valence-electron chi connectivity index (χ3n) is 5.18. The summed E-state index contributed by atoms with van der Waals surface area (Å²) in [7, 11) is 0. The fourth-order valence-electron chi connectivity index (χ4n) is 3.60. The third-order valence-corrected chi connectivity index (χ3v) is 5.18. The number of pyridine rings is 1. The molecule has 4 rings (SSSR count). The summed E-state index contributed by atoms with van der Waals surface area (Å²) >= 11 is 0. The molecule has 2 aromatic carbocycles. The highest BCUT2D eigenvalue weighted by Crippen LogP contribution is 2.18. The molecule has 1 aromatic heterocycles. The lowest BCUT2D eigenvalue weighted by Crippen LogP contribution is -3.13. The fraction of sp³-hybridized carbons (Fsp3) is 0.217. The molecule has 0 atom stereocenters. The average Bonchev–Trinajstić information content (AvgIpc) is 2.76. The van der Waals surface area contributed by atoms with Crippen molar-refractivity contribution >= 4 is 17.3 Å².